The zero-order valence-corrected chi connectivity index (χ0v) is 18.1. The topological polar surface area (TPSA) is 57.0 Å². The van der Waals surface area contributed by atoms with Gasteiger partial charge in [-0.25, -0.2) is 9.78 Å². The van der Waals surface area contributed by atoms with E-state index in [1.807, 2.05) is 38.1 Å². The van der Waals surface area contributed by atoms with E-state index in [0.29, 0.717) is 18.2 Å². The van der Waals surface area contributed by atoms with Crippen LogP contribution in [0.25, 0.3) is 33.3 Å². The van der Waals surface area contributed by atoms with Gasteiger partial charge in [0.2, 0.25) is 0 Å². The number of esters is 1. The first kappa shape index (κ1) is 19.7. The van der Waals surface area contributed by atoms with Gasteiger partial charge < -0.3 is 9.30 Å². The van der Waals surface area contributed by atoms with Crippen LogP contribution in [0.15, 0.2) is 48.5 Å². The van der Waals surface area contributed by atoms with E-state index in [-0.39, 0.29) is 5.97 Å². The molecule has 0 amide bonds. The average Bonchev–Trinajstić information content (AvgIpc) is 3.18. The quantitative estimate of drug-likeness (QED) is 0.372. The number of aromatic nitrogens is 3. The maximum atomic E-state index is 12.3. The van der Waals surface area contributed by atoms with E-state index in [1.54, 1.807) is 0 Å². The van der Waals surface area contributed by atoms with Crippen LogP contribution in [-0.2, 0) is 4.74 Å². The Labute approximate surface area is 182 Å². The van der Waals surface area contributed by atoms with Crippen LogP contribution in [0.4, 0.5) is 0 Å². The standard InChI is InChI=1S/C26H27N3O2/c1-3-31-26(30)20-12-14-24-23(16-20)28-25(29(24)21-7-5-4-6-8-21)19-11-13-22-18(15-19)10-9-17(2)27-22/h9-16,21H,3-8H2,1-2H3. The van der Waals surface area contributed by atoms with Crippen molar-refractivity contribution in [2.24, 2.45) is 0 Å². The molecule has 2 aromatic heterocycles. The lowest BCUT2D eigenvalue weighted by atomic mass is 9.94. The fourth-order valence-electron chi connectivity index (χ4n) is 4.72. The summed E-state index contributed by atoms with van der Waals surface area (Å²) >= 11 is 0. The van der Waals surface area contributed by atoms with Gasteiger partial charge in [-0.05, 0) is 69.2 Å². The number of hydrogen-bond acceptors (Lipinski definition) is 4. The fourth-order valence-corrected chi connectivity index (χ4v) is 4.72. The fraction of sp³-hybridized carbons (Fsp3) is 0.346. The summed E-state index contributed by atoms with van der Waals surface area (Å²) in [5.41, 5.74) is 5.56. The molecule has 2 heterocycles. The van der Waals surface area contributed by atoms with Crippen molar-refractivity contribution < 1.29 is 9.53 Å². The largest absolute Gasteiger partial charge is 0.462 e. The van der Waals surface area contributed by atoms with Gasteiger partial charge >= 0.3 is 5.97 Å². The zero-order valence-electron chi connectivity index (χ0n) is 18.1. The van der Waals surface area contributed by atoms with E-state index >= 15 is 0 Å². The van der Waals surface area contributed by atoms with Gasteiger partial charge in [0.25, 0.3) is 0 Å². The van der Waals surface area contributed by atoms with Gasteiger partial charge in [0, 0.05) is 22.7 Å². The summed E-state index contributed by atoms with van der Waals surface area (Å²) in [5.74, 6) is 0.663. The highest BCUT2D eigenvalue weighted by Gasteiger charge is 2.23. The molecule has 158 valence electrons. The molecule has 0 saturated heterocycles. The van der Waals surface area contributed by atoms with E-state index in [4.69, 9.17) is 9.72 Å². The molecule has 4 aromatic rings. The minimum absolute atomic E-state index is 0.301. The molecule has 0 bridgehead atoms. The molecule has 0 radical (unpaired) electrons. The van der Waals surface area contributed by atoms with Crippen molar-refractivity contribution in [2.75, 3.05) is 6.61 Å². The van der Waals surface area contributed by atoms with Crippen molar-refractivity contribution >= 4 is 27.9 Å². The summed E-state index contributed by atoms with van der Waals surface area (Å²) in [5, 5.41) is 1.11. The number of pyridine rings is 1. The van der Waals surface area contributed by atoms with Gasteiger partial charge in [0.05, 0.1) is 28.7 Å². The molecule has 0 N–H and O–H groups in total. The van der Waals surface area contributed by atoms with Crippen LogP contribution in [0.1, 0.15) is 61.1 Å². The Hall–Kier alpha value is -3.21. The van der Waals surface area contributed by atoms with Gasteiger partial charge in [-0.2, -0.15) is 0 Å². The number of carbonyl (C=O) groups excluding carboxylic acids is 1. The number of carbonyl (C=O) groups is 1. The zero-order chi connectivity index (χ0) is 21.4. The number of rotatable bonds is 4. The molecular weight excluding hydrogens is 386 g/mol. The Morgan fingerprint density at radius 3 is 2.65 bits per heavy atom. The highest BCUT2D eigenvalue weighted by Crippen LogP contribution is 2.36. The highest BCUT2D eigenvalue weighted by atomic mass is 16.5. The first-order valence-electron chi connectivity index (χ1n) is 11.2. The highest BCUT2D eigenvalue weighted by molar-refractivity contribution is 5.95. The molecule has 2 aromatic carbocycles. The summed E-state index contributed by atoms with van der Waals surface area (Å²) in [6.07, 6.45) is 6.10. The Morgan fingerprint density at radius 1 is 1.00 bits per heavy atom. The van der Waals surface area contributed by atoms with Crippen molar-refractivity contribution in [3.8, 4) is 11.4 Å². The van der Waals surface area contributed by atoms with Gasteiger partial charge in [-0.1, -0.05) is 25.3 Å². The summed E-state index contributed by atoms with van der Waals surface area (Å²) in [7, 11) is 0. The van der Waals surface area contributed by atoms with Crippen LogP contribution in [-0.4, -0.2) is 27.1 Å². The van der Waals surface area contributed by atoms with Crippen molar-refractivity contribution in [3.63, 3.8) is 0 Å². The van der Waals surface area contributed by atoms with Crippen LogP contribution < -0.4 is 0 Å². The predicted molar refractivity (Wildman–Crippen MR) is 123 cm³/mol. The SMILES string of the molecule is CCOC(=O)c1ccc2c(c1)nc(-c1ccc3nc(C)ccc3c1)n2C1CCCCC1. The number of aryl methyl sites for hydroxylation is 1. The second-order valence-electron chi connectivity index (χ2n) is 8.38. The Morgan fingerprint density at radius 2 is 1.84 bits per heavy atom. The first-order chi connectivity index (χ1) is 15.1. The van der Waals surface area contributed by atoms with E-state index in [1.165, 1.54) is 19.3 Å². The normalized spacial score (nSPS) is 14.9. The Balaban J connectivity index is 1.68. The second-order valence-corrected chi connectivity index (χ2v) is 8.38. The van der Waals surface area contributed by atoms with Crippen molar-refractivity contribution in [2.45, 2.75) is 52.0 Å². The molecule has 5 heteroatoms. The van der Waals surface area contributed by atoms with E-state index in [2.05, 4.69) is 33.8 Å². The molecule has 31 heavy (non-hydrogen) atoms. The van der Waals surface area contributed by atoms with Crippen molar-refractivity contribution in [1.29, 1.82) is 0 Å². The number of hydrogen-bond donors (Lipinski definition) is 0. The third-order valence-electron chi connectivity index (χ3n) is 6.23. The predicted octanol–water partition coefficient (Wildman–Crippen LogP) is 6.24. The van der Waals surface area contributed by atoms with Crippen LogP contribution in [0, 0.1) is 6.92 Å². The summed E-state index contributed by atoms with van der Waals surface area (Å²) in [6, 6.07) is 16.7. The maximum Gasteiger partial charge on any atom is 0.338 e. The molecule has 0 spiro atoms. The van der Waals surface area contributed by atoms with Gasteiger partial charge in [-0.15, -0.1) is 0 Å². The molecule has 0 unspecified atom stereocenters. The van der Waals surface area contributed by atoms with Crippen LogP contribution in [0.5, 0.6) is 0 Å². The number of imidazole rings is 1. The first-order valence-corrected chi connectivity index (χ1v) is 11.2. The molecule has 1 aliphatic rings. The molecular formula is C26H27N3O2. The van der Waals surface area contributed by atoms with Crippen molar-refractivity contribution in [3.05, 3.63) is 59.8 Å². The lowest BCUT2D eigenvalue weighted by molar-refractivity contribution is 0.0526. The minimum Gasteiger partial charge on any atom is -0.462 e. The second kappa shape index (κ2) is 8.14. The lowest BCUT2D eigenvalue weighted by Crippen LogP contribution is -2.14. The number of nitrogens with zero attached hydrogens (tertiary/aromatic N) is 3. The van der Waals surface area contributed by atoms with Gasteiger partial charge in [0.15, 0.2) is 0 Å². The summed E-state index contributed by atoms with van der Waals surface area (Å²) in [6.45, 7) is 4.20. The number of fused-ring (bicyclic) bond motifs is 2. The smallest absolute Gasteiger partial charge is 0.338 e. The third kappa shape index (κ3) is 3.69. The molecule has 1 fully saturated rings. The van der Waals surface area contributed by atoms with Crippen LogP contribution in [0.2, 0.25) is 0 Å². The van der Waals surface area contributed by atoms with Gasteiger partial charge in [-0.3, -0.25) is 4.98 Å². The Bertz CT molecular complexity index is 1270. The lowest BCUT2D eigenvalue weighted by Gasteiger charge is -2.25. The summed E-state index contributed by atoms with van der Waals surface area (Å²) in [4.78, 5) is 21.9. The van der Waals surface area contributed by atoms with Crippen molar-refractivity contribution in [1.82, 2.24) is 14.5 Å². The van der Waals surface area contributed by atoms with Gasteiger partial charge in [0.1, 0.15) is 5.82 Å². The monoisotopic (exact) mass is 413 g/mol. The van der Waals surface area contributed by atoms with Crippen LogP contribution in [0.3, 0.4) is 0 Å². The van der Waals surface area contributed by atoms with Crippen LogP contribution >= 0.6 is 0 Å². The average molecular weight is 414 g/mol. The molecule has 5 rings (SSSR count). The molecule has 0 aliphatic heterocycles. The third-order valence-corrected chi connectivity index (χ3v) is 6.23. The molecule has 0 atom stereocenters. The maximum absolute atomic E-state index is 12.3. The van der Waals surface area contributed by atoms with E-state index in [0.717, 1.165) is 51.9 Å². The van der Waals surface area contributed by atoms with E-state index < -0.39 is 0 Å². The minimum atomic E-state index is -0.301. The molecule has 5 nitrogen and oxygen atoms in total. The number of ether oxygens (including phenoxy) is 1. The molecule has 1 saturated carbocycles. The Kier molecular flexibility index (Phi) is 5.18. The summed E-state index contributed by atoms with van der Waals surface area (Å²) < 4.78 is 7.59. The number of benzene rings is 2. The molecule has 1 aliphatic carbocycles. The van der Waals surface area contributed by atoms with E-state index in [9.17, 15) is 4.79 Å².